The molecule has 1 aliphatic heterocycles. The molecule has 1 aromatic carbocycles. The summed E-state index contributed by atoms with van der Waals surface area (Å²) < 4.78 is 2.08. The van der Waals surface area contributed by atoms with Crippen molar-refractivity contribution in [3.05, 3.63) is 58.4 Å². The summed E-state index contributed by atoms with van der Waals surface area (Å²) in [4.78, 5) is 17.2. The van der Waals surface area contributed by atoms with Crippen molar-refractivity contribution in [3.63, 3.8) is 0 Å². The second kappa shape index (κ2) is 8.72. The molecule has 1 aliphatic rings. The monoisotopic (exact) mass is 368 g/mol. The number of carbonyl (C=O) groups excluding carboxylic acids is 1. The van der Waals surface area contributed by atoms with Gasteiger partial charge in [0.15, 0.2) is 0 Å². The lowest BCUT2D eigenvalue weighted by atomic mass is 10.1. The molecule has 0 aliphatic carbocycles. The van der Waals surface area contributed by atoms with Gasteiger partial charge in [0, 0.05) is 45.3 Å². The molecule has 1 aromatic heterocycles. The molecule has 0 saturated carbocycles. The molecule has 146 valence electrons. The molecule has 0 spiro atoms. The Labute approximate surface area is 163 Å². The summed E-state index contributed by atoms with van der Waals surface area (Å²) in [6.07, 6.45) is 1.96. The zero-order chi connectivity index (χ0) is 19.4. The molecule has 0 bridgehead atoms. The molecule has 0 fully saturated rings. The van der Waals surface area contributed by atoms with E-state index in [1.54, 1.807) is 0 Å². The molecule has 27 heavy (non-hydrogen) atoms. The van der Waals surface area contributed by atoms with Gasteiger partial charge < -0.3 is 14.8 Å². The highest BCUT2D eigenvalue weighted by atomic mass is 16.1. The Morgan fingerprint density at radius 2 is 1.96 bits per heavy atom. The molecule has 0 saturated heterocycles. The standard InChI is InChI=1S/C22H32N4O/c1-17-6-8-18(9-7-17)15-26-13-10-20-19(16-26)14-21(25(20)4)22(27)23-11-5-12-24(2)3/h6-9,14H,5,10-13,15-16H2,1-4H3,(H,23,27). The van der Waals surface area contributed by atoms with Crippen molar-refractivity contribution in [1.29, 1.82) is 0 Å². The Morgan fingerprint density at radius 1 is 1.22 bits per heavy atom. The van der Waals surface area contributed by atoms with Crippen LogP contribution in [0.4, 0.5) is 0 Å². The molecule has 1 N–H and O–H groups in total. The first kappa shape index (κ1) is 19.6. The van der Waals surface area contributed by atoms with Crippen LogP contribution >= 0.6 is 0 Å². The number of nitrogens with zero attached hydrogens (tertiary/aromatic N) is 3. The Balaban J connectivity index is 1.61. The smallest absolute Gasteiger partial charge is 0.267 e. The lowest BCUT2D eigenvalue weighted by Gasteiger charge is -2.27. The first-order chi connectivity index (χ1) is 12.9. The van der Waals surface area contributed by atoms with Crippen molar-refractivity contribution in [2.75, 3.05) is 33.7 Å². The lowest BCUT2D eigenvalue weighted by molar-refractivity contribution is 0.0944. The highest BCUT2D eigenvalue weighted by Gasteiger charge is 2.23. The van der Waals surface area contributed by atoms with Gasteiger partial charge in [0.25, 0.3) is 5.91 Å². The minimum Gasteiger partial charge on any atom is -0.351 e. The summed E-state index contributed by atoms with van der Waals surface area (Å²) in [6.45, 7) is 6.71. The maximum atomic E-state index is 12.6. The van der Waals surface area contributed by atoms with Crippen LogP contribution in [0.5, 0.6) is 0 Å². The quantitative estimate of drug-likeness (QED) is 0.764. The van der Waals surface area contributed by atoms with Gasteiger partial charge in [-0.3, -0.25) is 9.69 Å². The van der Waals surface area contributed by atoms with Gasteiger partial charge in [-0.05, 0) is 51.2 Å². The number of aryl methyl sites for hydroxylation is 1. The van der Waals surface area contributed by atoms with Crippen molar-refractivity contribution in [2.45, 2.75) is 32.9 Å². The molecular formula is C22H32N4O. The molecule has 0 atom stereocenters. The van der Waals surface area contributed by atoms with Crippen LogP contribution in [-0.4, -0.2) is 54.0 Å². The van der Waals surface area contributed by atoms with E-state index in [1.807, 2.05) is 7.05 Å². The second-order valence-electron chi connectivity index (χ2n) is 7.92. The third-order valence-electron chi connectivity index (χ3n) is 5.33. The minimum absolute atomic E-state index is 0.0377. The average Bonchev–Trinajstić information content (AvgIpc) is 2.97. The number of amides is 1. The van der Waals surface area contributed by atoms with Gasteiger partial charge in [0.05, 0.1) is 0 Å². The number of carbonyl (C=O) groups is 1. The normalized spacial score (nSPS) is 14.4. The van der Waals surface area contributed by atoms with Gasteiger partial charge in [0.1, 0.15) is 5.69 Å². The zero-order valence-electron chi connectivity index (χ0n) is 17.1. The topological polar surface area (TPSA) is 40.5 Å². The van der Waals surface area contributed by atoms with Gasteiger partial charge in [-0.1, -0.05) is 29.8 Å². The van der Waals surface area contributed by atoms with E-state index in [1.165, 1.54) is 22.4 Å². The van der Waals surface area contributed by atoms with Crippen LogP contribution in [0.3, 0.4) is 0 Å². The Morgan fingerprint density at radius 3 is 2.67 bits per heavy atom. The van der Waals surface area contributed by atoms with E-state index >= 15 is 0 Å². The van der Waals surface area contributed by atoms with E-state index in [0.29, 0.717) is 6.54 Å². The fourth-order valence-electron chi connectivity index (χ4n) is 3.75. The molecule has 3 rings (SSSR count). The van der Waals surface area contributed by atoms with Crippen molar-refractivity contribution in [1.82, 2.24) is 19.7 Å². The number of aromatic nitrogens is 1. The highest BCUT2D eigenvalue weighted by Crippen LogP contribution is 2.24. The van der Waals surface area contributed by atoms with Crippen LogP contribution in [0.15, 0.2) is 30.3 Å². The van der Waals surface area contributed by atoms with Crippen LogP contribution in [0.1, 0.15) is 39.3 Å². The number of rotatable bonds is 7. The molecule has 5 heteroatoms. The number of fused-ring (bicyclic) bond motifs is 1. The minimum atomic E-state index is 0.0377. The van der Waals surface area contributed by atoms with E-state index in [-0.39, 0.29) is 5.91 Å². The van der Waals surface area contributed by atoms with Crippen LogP contribution in [0.25, 0.3) is 0 Å². The van der Waals surface area contributed by atoms with Gasteiger partial charge in [-0.2, -0.15) is 0 Å². The number of benzene rings is 1. The van der Waals surface area contributed by atoms with Crippen molar-refractivity contribution < 1.29 is 4.79 Å². The van der Waals surface area contributed by atoms with Crippen molar-refractivity contribution in [2.24, 2.45) is 7.05 Å². The SMILES string of the molecule is Cc1ccc(CN2CCc3c(cc(C(=O)NCCCN(C)C)n3C)C2)cc1. The molecule has 2 heterocycles. The third-order valence-corrected chi connectivity index (χ3v) is 5.33. The third kappa shape index (κ3) is 4.99. The van der Waals surface area contributed by atoms with Crippen molar-refractivity contribution >= 4 is 5.91 Å². The summed E-state index contributed by atoms with van der Waals surface area (Å²) >= 11 is 0. The summed E-state index contributed by atoms with van der Waals surface area (Å²) in [5.41, 5.74) is 6.01. The van der Waals surface area contributed by atoms with Crippen LogP contribution in [0.2, 0.25) is 0 Å². The first-order valence-corrected chi connectivity index (χ1v) is 9.82. The Bertz CT molecular complexity index is 776. The van der Waals surface area contributed by atoms with Gasteiger partial charge in [-0.15, -0.1) is 0 Å². The van der Waals surface area contributed by atoms with E-state index in [2.05, 4.69) is 71.0 Å². The fraction of sp³-hybridized carbons (Fsp3) is 0.500. The summed E-state index contributed by atoms with van der Waals surface area (Å²) in [5.74, 6) is 0.0377. The van der Waals surface area contributed by atoms with Crippen molar-refractivity contribution in [3.8, 4) is 0 Å². The number of nitrogens with one attached hydrogen (secondary N) is 1. The first-order valence-electron chi connectivity index (χ1n) is 9.82. The zero-order valence-corrected chi connectivity index (χ0v) is 17.1. The second-order valence-corrected chi connectivity index (χ2v) is 7.92. The van der Waals surface area contributed by atoms with Crippen LogP contribution in [0, 0.1) is 6.92 Å². The maximum absolute atomic E-state index is 12.6. The Kier molecular flexibility index (Phi) is 6.34. The van der Waals surface area contributed by atoms with Gasteiger partial charge in [0.2, 0.25) is 0 Å². The Hall–Kier alpha value is -2.11. The molecular weight excluding hydrogens is 336 g/mol. The largest absolute Gasteiger partial charge is 0.351 e. The average molecular weight is 369 g/mol. The molecule has 0 radical (unpaired) electrons. The molecule has 2 aromatic rings. The van der Waals surface area contributed by atoms with Crippen LogP contribution < -0.4 is 5.32 Å². The number of hydrogen-bond acceptors (Lipinski definition) is 3. The predicted molar refractivity (Wildman–Crippen MR) is 110 cm³/mol. The van der Waals surface area contributed by atoms with E-state index in [9.17, 15) is 4.79 Å². The molecule has 5 nitrogen and oxygen atoms in total. The molecule has 0 unspecified atom stereocenters. The maximum Gasteiger partial charge on any atom is 0.267 e. The van der Waals surface area contributed by atoms with Gasteiger partial charge >= 0.3 is 0 Å². The fourth-order valence-corrected chi connectivity index (χ4v) is 3.75. The van der Waals surface area contributed by atoms with E-state index in [4.69, 9.17) is 0 Å². The number of hydrogen-bond donors (Lipinski definition) is 1. The van der Waals surface area contributed by atoms with E-state index < -0.39 is 0 Å². The highest BCUT2D eigenvalue weighted by molar-refractivity contribution is 5.93. The van der Waals surface area contributed by atoms with E-state index in [0.717, 1.165) is 44.7 Å². The summed E-state index contributed by atoms with van der Waals surface area (Å²) in [6, 6.07) is 10.8. The lowest BCUT2D eigenvalue weighted by Crippen LogP contribution is -2.30. The van der Waals surface area contributed by atoms with Crippen LogP contribution in [-0.2, 0) is 26.6 Å². The predicted octanol–water partition coefficient (Wildman–Crippen LogP) is 2.57. The van der Waals surface area contributed by atoms with Gasteiger partial charge in [-0.25, -0.2) is 0 Å². The molecule has 1 amide bonds. The summed E-state index contributed by atoms with van der Waals surface area (Å²) in [5, 5.41) is 3.06. The summed E-state index contributed by atoms with van der Waals surface area (Å²) in [7, 11) is 6.12.